The Morgan fingerprint density at radius 1 is 1.15 bits per heavy atom. The Morgan fingerprint density at radius 2 is 1.81 bits per heavy atom. The Morgan fingerprint density at radius 3 is 2.31 bits per heavy atom. The highest BCUT2D eigenvalue weighted by molar-refractivity contribution is 6.27. The Hall–Kier alpha value is -2.75. The van der Waals surface area contributed by atoms with Crippen LogP contribution in [0, 0.1) is 10.1 Å². The average Bonchev–Trinajstić information content (AvgIpc) is 2.63. The number of carbonyl (C=O) groups is 2. The number of nitrogens with zero attached hydrogens (tertiary/aromatic N) is 3. The number of rotatable bonds is 7. The fraction of sp³-hybridized carbons (Fsp3) is 0.562. The highest BCUT2D eigenvalue weighted by Gasteiger charge is 2.09. The van der Waals surface area contributed by atoms with Crippen molar-refractivity contribution in [3.63, 3.8) is 0 Å². The van der Waals surface area contributed by atoms with Crippen LogP contribution < -0.4 is 5.32 Å². The van der Waals surface area contributed by atoms with Gasteiger partial charge in [-0.25, -0.2) is 14.6 Å². The van der Waals surface area contributed by atoms with E-state index in [1.165, 1.54) is 57.6 Å². The van der Waals surface area contributed by atoms with Gasteiger partial charge in [0.05, 0.1) is 4.92 Å². The summed E-state index contributed by atoms with van der Waals surface area (Å²) in [7, 11) is 0. The Kier molecular flexibility index (Phi) is 9.62. The van der Waals surface area contributed by atoms with Gasteiger partial charge in [-0.15, -0.1) is 0 Å². The molecule has 0 spiro atoms. The van der Waals surface area contributed by atoms with E-state index in [1.807, 2.05) is 0 Å². The number of pyridine rings is 1. The minimum Gasteiger partial charge on any atom is -0.473 e. The van der Waals surface area contributed by atoms with Crippen LogP contribution in [0.1, 0.15) is 32.1 Å². The minimum atomic E-state index is -1.82. The fourth-order valence-corrected chi connectivity index (χ4v) is 2.46. The van der Waals surface area contributed by atoms with Crippen molar-refractivity contribution in [2.75, 3.05) is 31.5 Å². The first kappa shape index (κ1) is 21.3. The topological polar surface area (TPSA) is 146 Å². The number of carboxylic acid groups (broad SMARTS) is 2. The first-order valence-corrected chi connectivity index (χ1v) is 8.43. The van der Waals surface area contributed by atoms with Gasteiger partial charge in [0.25, 0.3) is 5.69 Å². The molecule has 0 bridgehead atoms. The van der Waals surface area contributed by atoms with Crippen molar-refractivity contribution >= 4 is 23.4 Å². The zero-order valence-electron chi connectivity index (χ0n) is 14.5. The summed E-state index contributed by atoms with van der Waals surface area (Å²) >= 11 is 0. The number of aromatic nitrogens is 1. The molecule has 10 nitrogen and oxygen atoms in total. The molecule has 1 aliphatic heterocycles. The summed E-state index contributed by atoms with van der Waals surface area (Å²) in [5, 5.41) is 28.5. The van der Waals surface area contributed by atoms with E-state index in [0.29, 0.717) is 5.82 Å². The van der Waals surface area contributed by atoms with E-state index in [-0.39, 0.29) is 5.69 Å². The second kappa shape index (κ2) is 11.7. The predicted octanol–water partition coefficient (Wildman–Crippen LogP) is 1.82. The van der Waals surface area contributed by atoms with E-state index in [2.05, 4.69) is 15.2 Å². The normalized spacial score (nSPS) is 14.0. The molecule has 26 heavy (non-hydrogen) atoms. The number of nitrogens with one attached hydrogen (secondary N) is 1. The lowest BCUT2D eigenvalue weighted by atomic mass is 10.1. The van der Waals surface area contributed by atoms with Crippen molar-refractivity contribution < 1.29 is 24.7 Å². The monoisotopic (exact) mass is 368 g/mol. The summed E-state index contributed by atoms with van der Waals surface area (Å²) in [4.78, 5) is 34.8. The molecule has 1 aromatic heterocycles. The lowest BCUT2D eigenvalue weighted by Crippen LogP contribution is -2.30. The van der Waals surface area contributed by atoms with Crippen molar-refractivity contribution in [2.24, 2.45) is 0 Å². The maximum Gasteiger partial charge on any atom is 0.414 e. The smallest absolute Gasteiger partial charge is 0.414 e. The summed E-state index contributed by atoms with van der Waals surface area (Å²) in [6.45, 7) is 4.53. The molecule has 1 aliphatic rings. The van der Waals surface area contributed by atoms with E-state index in [0.717, 1.165) is 13.0 Å². The van der Waals surface area contributed by atoms with Crippen LogP contribution in [0.15, 0.2) is 18.3 Å². The summed E-state index contributed by atoms with van der Waals surface area (Å²) in [6, 6.07) is 3.13. The number of anilines is 1. The van der Waals surface area contributed by atoms with E-state index in [1.54, 1.807) is 6.07 Å². The van der Waals surface area contributed by atoms with Gasteiger partial charge in [-0.05, 0) is 51.4 Å². The molecule has 0 atom stereocenters. The van der Waals surface area contributed by atoms with Crippen LogP contribution in [0.4, 0.5) is 11.5 Å². The summed E-state index contributed by atoms with van der Waals surface area (Å²) in [6.07, 6.45) is 7.62. The lowest BCUT2D eigenvalue weighted by Gasteiger charge is -2.26. The van der Waals surface area contributed by atoms with Crippen molar-refractivity contribution in [3.05, 3.63) is 28.4 Å². The molecule has 1 aromatic rings. The van der Waals surface area contributed by atoms with Crippen LogP contribution in [0.5, 0.6) is 0 Å². The SMILES string of the molecule is O=C(O)C(=O)O.O=[N+]([O-])c1ccc(NCCCCN2CCCCC2)nc1. The van der Waals surface area contributed by atoms with E-state index < -0.39 is 16.9 Å². The third-order valence-electron chi connectivity index (χ3n) is 3.80. The van der Waals surface area contributed by atoms with Crippen LogP contribution >= 0.6 is 0 Å². The number of nitro groups is 1. The summed E-state index contributed by atoms with van der Waals surface area (Å²) in [5.74, 6) is -2.95. The number of likely N-dealkylation sites (tertiary alicyclic amines) is 1. The molecule has 144 valence electrons. The molecule has 1 saturated heterocycles. The van der Waals surface area contributed by atoms with Crippen LogP contribution in [0.25, 0.3) is 0 Å². The molecule has 2 rings (SSSR count). The average molecular weight is 368 g/mol. The van der Waals surface area contributed by atoms with Gasteiger partial charge in [-0.2, -0.15) is 0 Å². The number of aliphatic carboxylic acids is 2. The highest BCUT2D eigenvalue weighted by Crippen LogP contribution is 2.12. The first-order valence-electron chi connectivity index (χ1n) is 8.43. The molecule has 2 heterocycles. The molecular weight excluding hydrogens is 344 g/mol. The molecule has 0 aromatic carbocycles. The van der Waals surface area contributed by atoms with Crippen molar-refractivity contribution in [2.45, 2.75) is 32.1 Å². The van der Waals surface area contributed by atoms with Gasteiger partial charge in [-0.1, -0.05) is 6.42 Å². The van der Waals surface area contributed by atoms with Gasteiger partial charge in [0.1, 0.15) is 12.0 Å². The van der Waals surface area contributed by atoms with Gasteiger partial charge < -0.3 is 20.4 Å². The van der Waals surface area contributed by atoms with Gasteiger partial charge in [0.2, 0.25) is 0 Å². The van der Waals surface area contributed by atoms with Crippen LogP contribution in [-0.4, -0.2) is 63.1 Å². The molecule has 3 N–H and O–H groups in total. The Bertz CT molecular complexity index is 575. The zero-order valence-corrected chi connectivity index (χ0v) is 14.5. The Labute approximate surface area is 151 Å². The zero-order chi connectivity index (χ0) is 19.4. The summed E-state index contributed by atoms with van der Waals surface area (Å²) in [5.41, 5.74) is 0.0284. The van der Waals surface area contributed by atoms with Crippen LogP contribution in [-0.2, 0) is 9.59 Å². The van der Waals surface area contributed by atoms with E-state index >= 15 is 0 Å². The van der Waals surface area contributed by atoms with Crippen molar-refractivity contribution in [1.29, 1.82) is 0 Å². The van der Waals surface area contributed by atoms with E-state index in [9.17, 15) is 10.1 Å². The van der Waals surface area contributed by atoms with Crippen molar-refractivity contribution in [3.8, 4) is 0 Å². The molecule has 0 aliphatic carbocycles. The second-order valence-electron chi connectivity index (χ2n) is 5.81. The van der Waals surface area contributed by atoms with Crippen LogP contribution in [0.2, 0.25) is 0 Å². The quantitative estimate of drug-likeness (QED) is 0.284. The minimum absolute atomic E-state index is 0.0284. The Balaban J connectivity index is 0.000000487. The van der Waals surface area contributed by atoms with Gasteiger partial charge in [0, 0.05) is 12.6 Å². The number of hydrogen-bond donors (Lipinski definition) is 3. The lowest BCUT2D eigenvalue weighted by molar-refractivity contribution is -0.385. The second-order valence-corrected chi connectivity index (χ2v) is 5.81. The third-order valence-corrected chi connectivity index (χ3v) is 3.80. The molecule has 0 unspecified atom stereocenters. The highest BCUT2D eigenvalue weighted by atomic mass is 16.6. The number of unbranched alkanes of at least 4 members (excludes halogenated alkanes) is 1. The fourth-order valence-electron chi connectivity index (χ4n) is 2.46. The first-order chi connectivity index (χ1) is 12.4. The molecule has 0 saturated carbocycles. The van der Waals surface area contributed by atoms with Gasteiger partial charge >= 0.3 is 11.9 Å². The molecular formula is C16H24N4O6. The van der Waals surface area contributed by atoms with Gasteiger partial charge in [0.15, 0.2) is 0 Å². The molecule has 0 amide bonds. The standard InChI is InChI=1S/C14H22N4O2.C2H2O4/c19-18(20)13-6-7-14(16-12-13)15-8-2-5-11-17-9-3-1-4-10-17;3-1(4)2(5)6/h6-7,12H,1-5,8-11H2,(H,15,16);(H,3,4)(H,5,6). The number of piperidine rings is 1. The summed E-state index contributed by atoms with van der Waals surface area (Å²) < 4.78 is 0. The van der Waals surface area contributed by atoms with Crippen LogP contribution in [0.3, 0.4) is 0 Å². The molecule has 10 heteroatoms. The number of carboxylic acids is 2. The number of hydrogen-bond acceptors (Lipinski definition) is 7. The molecule has 1 fully saturated rings. The maximum absolute atomic E-state index is 10.5. The largest absolute Gasteiger partial charge is 0.473 e. The maximum atomic E-state index is 10.5. The van der Waals surface area contributed by atoms with E-state index in [4.69, 9.17) is 19.8 Å². The van der Waals surface area contributed by atoms with Crippen molar-refractivity contribution in [1.82, 2.24) is 9.88 Å². The van der Waals surface area contributed by atoms with Gasteiger partial charge in [-0.3, -0.25) is 10.1 Å². The molecule has 0 radical (unpaired) electrons. The predicted molar refractivity (Wildman–Crippen MR) is 94.2 cm³/mol. The third kappa shape index (κ3) is 8.92.